The van der Waals surface area contributed by atoms with E-state index in [9.17, 15) is 19.1 Å². The zero-order valence-corrected chi connectivity index (χ0v) is 23.5. The molecule has 4 atom stereocenters. The first-order valence-corrected chi connectivity index (χ1v) is 13.8. The van der Waals surface area contributed by atoms with Crippen LogP contribution in [0.4, 0.5) is 4.39 Å². The van der Waals surface area contributed by atoms with Crippen molar-refractivity contribution in [3.05, 3.63) is 99.0 Å². The molecule has 10 heteroatoms. The number of benzene rings is 2. The predicted octanol–water partition coefficient (Wildman–Crippen LogP) is 5.73. The third-order valence-electron chi connectivity index (χ3n) is 7.60. The highest BCUT2D eigenvalue weighted by Crippen LogP contribution is 2.50. The van der Waals surface area contributed by atoms with Crippen molar-refractivity contribution in [1.82, 2.24) is 9.88 Å². The number of pyridine rings is 1. The van der Waals surface area contributed by atoms with Gasteiger partial charge in [0.15, 0.2) is 5.60 Å². The number of carbonyl (C=O) groups is 2. The highest BCUT2D eigenvalue weighted by Gasteiger charge is 2.55. The highest BCUT2D eigenvalue weighted by atomic mass is 35.5. The number of morpholine rings is 1. The van der Waals surface area contributed by atoms with Gasteiger partial charge < -0.3 is 19.5 Å². The Morgan fingerprint density at radius 2 is 1.98 bits per heavy atom. The van der Waals surface area contributed by atoms with E-state index in [-0.39, 0.29) is 35.4 Å². The van der Waals surface area contributed by atoms with E-state index in [0.29, 0.717) is 21.8 Å². The summed E-state index contributed by atoms with van der Waals surface area (Å²) in [5, 5.41) is 11.0. The van der Waals surface area contributed by atoms with Crippen LogP contribution >= 0.6 is 23.2 Å². The summed E-state index contributed by atoms with van der Waals surface area (Å²) in [5.74, 6) is -1.38. The second kappa shape index (κ2) is 11.4. The molecule has 1 N–H and O–H groups in total. The molecule has 0 bridgehead atoms. The lowest BCUT2D eigenvalue weighted by Gasteiger charge is -2.51. The van der Waals surface area contributed by atoms with Gasteiger partial charge in [0.1, 0.15) is 11.9 Å². The molecule has 2 heterocycles. The summed E-state index contributed by atoms with van der Waals surface area (Å²) >= 11 is 12.4. The van der Waals surface area contributed by atoms with Crippen LogP contribution in [0.2, 0.25) is 10.0 Å². The maximum atomic E-state index is 14.8. The van der Waals surface area contributed by atoms with Crippen molar-refractivity contribution >= 4 is 35.1 Å². The van der Waals surface area contributed by atoms with Gasteiger partial charge in [0, 0.05) is 23.3 Å². The number of aliphatic hydroxyl groups is 1. The number of hydrogen-bond donors (Lipinski definition) is 1. The average Bonchev–Trinajstić information content (AvgIpc) is 3.78. The number of halogens is 3. The summed E-state index contributed by atoms with van der Waals surface area (Å²) in [6, 6.07) is 13.5. The summed E-state index contributed by atoms with van der Waals surface area (Å²) in [4.78, 5) is 32.4. The molecule has 0 spiro atoms. The van der Waals surface area contributed by atoms with E-state index in [2.05, 4.69) is 4.98 Å². The second-order valence-corrected chi connectivity index (χ2v) is 11.3. The quantitative estimate of drug-likeness (QED) is 0.339. The minimum absolute atomic E-state index is 0.0372. The van der Waals surface area contributed by atoms with Crippen molar-refractivity contribution in [3.63, 3.8) is 0 Å². The molecule has 2 aromatic carbocycles. The second-order valence-electron chi connectivity index (χ2n) is 10.4. The van der Waals surface area contributed by atoms with E-state index in [1.165, 1.54) is 25.4 Å². The highest BCUT2D eigenvalue weighted by molar-refractivity contribution is 6.31. The summed E-state index contributed by atoms with van der Waals surface area (Å²) in [6.07, 6.45) is 2.46. The monoisotopic (exact) mass is 586 g/mol. The summed E-state index contributed by atoms with van der Waals surface area (Å²) in [5.41, 5.74) is 0.581. The van der Waals surface area contributed by atoms with Gasteiger partial charge in [0.25, 0.3) is 5.91 Å². The first-order chi connectivity index (χ1) is 19.1. The van der Waals surface area contributed by atoms with Crippen molar-refractivity contribution in [2.75, 3.05) is 13.7 Å². The third kappa shape index (κ3) is 5.59. The molecule has 2 aliphatic rings. The number of amides is 1. The van der Waals surface area contributed by atoms with Gasteiger partial charge in [-0.1, -0.05) is 41.4 Å². The van der Waals surface area contributed by atoms with Crippen molar-refractivity contribution in [1.29, 1.82) is 0 Å². The largest absolute Gasteiger partial charge is 0.465 e. The molecule has 3 aromatic rings. The van der Waals surface area contributed by atoms with Gasteiger partial charge in [-0.3, -0.25) is 9.78 Å². The molecule has 2 fully saturated rings. The smallest absolute Gasteiger partial charge is 0.339 e. The molecule has 210 valence electrons. The summed E-state index contributed by atoms with van der Waals surface area (Å²) < 4.78 is 26.2. The Kier molecular flexibility index (Phi) is 8.15. The molecule has 5 rings (SSSR count). The zero-order valence-electron chi connectivity index (χ0n) is 22.0. The first kappa shape index (κ1) is 28.5. The van der Waals surface area contributed by atoms with Crippen LogP contribution in [0.15, 0.2) is 60.8 Å². The van der Waals surface area contributed by atoms with Crippen LogP contribution in [0.1, 0.15) is 59.1 Å². The molecule has 0 radical (unpaired) electrons. The lowest BCUT2D eigenvalue weighted by molar-refractivity contribution is -0.205. The number of nitrogens with zero attached hydrogens (tertiary/aromatic N) is 2. The number of aromatic nitrogens is 1. The van der Waals surface area contributed by atoms with Gasteiger partial charge >= 0.3 is 5.97 Å². The number of esters is 1. The van der Waals surface area contributed by atoms with Crippen LogP contribution in [-0.4, -0.2) is 52.2 Å². The first-order valence-electron chi connectivity index (χ1n) is 13.0. The van der Waals surface area contributed by atoms with Gasteiger partial charge in [-0.2, -0.15) is 0 Å². The van der Waals surface area contributed by atoms with Crippen LogP contribution in [0, 0.1) is 11.7 Å². The Hall–Kier alpha value is -3.04. The molecule has 1 aliphatic heterocycles. The molecule has 7 nitrogen and oxygen atoms in total. The van der Waals surface area contributed by atoms with Crippen LogP contribution < -0.4 is 0 Å². The fourth-order valence-electron chi connectivity index (χ4n) is 5.44. The number of hydrogen-bond acceptors (Lipinski definition) is 6. The van der Waals surface area contributed by atoms with Gasteiger partial charge in [0.2, 0.25) is 0 Å². The SMILES string of the molecule is COC(=O)c1ccc(C[C@]2(C)O[C@H](c3cccc(Cl)c3)C(c3ccc(Cl)c(F)c3)N(C(CO)C3CC3)C2=O)nc1. The topological polar surface area (TPSA) is 89.0 Å². The molecule has 2 unspecified atom stereocenters. The lowest BCUT2D eigenvalue weighted by atomic mass is 9.85. The molecular weight excluding hydrogens is 558 g/mol. The summed E-state index contributed by atoms with van der Waals surface area (Å²) in [6.45, 7) is 1.43. The van der Waals surface area contributed by atoms with Crippen LogP contribution in [0.25, 0.3) is 0 Å². The fourth-order valence-corrected chi connectivity index (χ4v) is 5.75. The van der Waals surface area contributed by atoms with Gasteiger partial charge in [-0.05, 0) is 73.2 Å². The van der Waals surface area contributed by atoms with Crippen molar-refractivity contribution in [2.24, 2.45) is 5.92 Å². The Balaban J connectivity index is 1.62. The molecule has 1 amide bonds. The molecular formula is C30H29Cl2FN2O5. The number of methoxy groups -OCH3 is 1. The molecule has 40 heavy (non-hydrogen) atoms. The average molecular weight is 587 g/mol. The zero-order chi connectivity index (χ0) is 28.6. The van der Waals surface area contributed by atoms with Crippen LogP contribution in [0.3, 0.4) is 0 Å². The molecule has 1 aromatic heterocycles. The van der Waals surface area contributed by atoms with Gasteiger partial charge in [-0.25, -0.2) is 9.18 Å². The number of rotatable bonds is 8. The Bertz CT molecular complexity index is 1420. The molecule has 1 aliphatic carbocycles. The fraction of sp³-hybridized carbons (Fsp3) is 0.367. The Labute approximate surface area is 241 Å². The lowest BCUT2D eigenvalue weighted by Crippen LogP contribution is -2.62. The minimum Gasteiger partial charge on any atom is -0.465 e. The predicted molar refractivity (Wildman–Crippen MR) is 148 cm³/mol. The molecule has 1 saturated heterocycles. The maximum absolute atomic E-state index is 14.8. The van der Waals surface area contributed by atoms with Gasteiger partial charge in [-0.15, -0.1) is 0 Å². The van der Waals surface area contributed by atoms with Gasteiger partial charge in [0.05, 0.1) is 36.4 Å². The van der Waals surface area contributed by atoms with Crippen molar-refractivity contribution in [2.45, 2.75) is 50.0 Å². The maximum Gasteiger partial charge on any atom is 0.339 e. The Morgan fingerprint density at radius 1 is 1.20 bits per heavy atom. The third-order valence-corrected chi connectivity index (χ3v) is 8.14. The molecule has 1 saturated carbocycles. The normalized spacial score (nSPS) is 23.6. The van der Waals surface area contributed by atoms with Crippen LogP contribution in [0.5, 0.6) is 0 Å². The van der Waals surface area contributed by atoms with E-state index in [1.807, 2.05) is 6.07 Å². The van der Waals surface area contributed by atoms with E-state index in [4.69, 9.17) is 32.7 Å². The van der Waals surface area contributed by atoms with Crippen molar-refractivity contribution < 1.29 is 28.6 Å². The Morgan fingerprint density at radius 3 is 2.58 bits per heavy atom. The minimum atomic E-state index is -1.41. The number of carbonyl (C=O) groups excluding carboxylic acids is 2. The van der Waals surface area contributed by atoms with Crippen molar-refractivity contribution in [3.8, 4) is 0 Å². The number of ether oxygens (including phenoxy) is 2. The standard InChI is InChI=1S/C30H29Cl2FN2O5/c1-30(14-22-10-8-20(15-34-22)28(37)39-2)29(38)35(25(16-36)17-6-7-17)26(18-9-11-23(32)24(33)13-18)27(40-30)19-4-3-5-21(31)12-19/h3-5,8-13,15,17,25-27,36H,6-7,14,16H2,1-2H3/t25?,26?,27-,30+/m1/s1. The van der Waals surface area contributed by atoms with Crippen LogP contribution in [-0.2, 0) is 20.7 Å². The van der Waals surface area contributed by atoms with E-state index in [0.717, 1.165) is 12.8 Å². The number of aliphatic hydroxyl groups excluding tert-OH is 1. The van der Waals surface area contributed by atoms with E-state index < -0.39 is 35.6 Å². The summed E-state index contributed by atoms with van der Waals surface area (Å²) in [7, 11) is 1.29. The van der Waals surface area contributed by atoms with E-state index in [1.54, 1.807) is 48.2 Å². The van der Waals surface area contributed by atoms with E-state index >= 15 is 0 Å².